The lowest BCUT2D eigenvalue weighted by Gasteiger charge is -2.39. The van der Waals surface area contributed by atoms with E-state index in [1.165, 1.54) is 12.0 Å². The molecule has 1 aromatic carbocycles. The van der Waals surface area contributed by atoms with Crippen LogP contribution in [0.2, 0.25) is 0 Å². The average Bonchev–Trinajstić information content (AvgIpc) is 2.89. The third-order valence-corrected chi connectivity index (χ3v) is 4.79. The summed E-state index contributed by atoms with van der Waals surface area (Å²) >= 11 is 0. The third-order valence-electron chi connectivity index (χ3n) is 4.79. The van der Waals surface area contributed by atoms with E-state index in [1.54, 1.807) is 0 Å². The first-order valence-corrected chi connectivity index (χ1v) is 7.82. The molecule has 1 aromatic heterocycles. The van der Waals surface area contributed by atoms with Crippen LogP contribution >= 0.6 is 0 Å². The monoisotopic (exact) mass is 285 g/mol. The van der Waals surface area contributed by atoms with Gasteiger partial charge in [0.15, 0.2) is 5.82 Å². The van der Waals surface area contributed by atoms with E-state index in [1.807, 2.05) is 13.0 Å². The summed E-state index contributed by atoms with van der Waals surface area (Å²) in [6, 6.07) is 10.6. The van der Waals surface area contributed by atoms with Gasteiger partial charge in [0.05, 0.1) is 11.3 Å². The van der Waals surface area contributed by atoms with Crippen LogP contribution in [0, 0.1) is 0 Å². The molecule has 0 spiro atoms. The second-order valence-electron chi connectivity index (χ2n) is 6.13. The van der Waals surface area contributed by atoms with Gasteiger partial charge in [-0.2, -0.15) is 4.98 Å². The maximum Gasteiger partial charge on any atom is 0.231 e. The van der Waals surface area contributed by atoms with Crippen molar-refractivity contribution in [3.63, 3.8) is 0 Å². The Morgan fingerprint density at radius 1 is 1.29 bits per heavy atom. The predicted octanol–water partition coefficient (Wildman–Crippen LogP) is 3.38. The van der Waals surface area contributed by atoms with Gasteiger partial charge in [-0.3, -0.25) is 0 Å². The van der Waals surface area contributed by atoms with Crippen LogP contribution in [0.4, 0.5) is 0 Å². The number of rotatable bonds is 5. The Hall–Kier alpha value is -1.68. The molecule has 1 heterocycles. The number of hydrogen-bond acceptors (Lipinski definition) is 4. The van der Waals surface area contributed by atoms with Crippen molar-refractivity contribution >= 4 is 0 Å². The summed E-state index contributed by atoms with van der Waals surface area (Å²) in [5.74, 6) is 1.65. The van der Waals surface area contributed by atoms with Crippen LogP contribution in [0.1, 0.15) is 62.7 Å². The highest BCUT2D eigenvalue weighted by molar-refractivity contribution is 5.35. The Morgan fingerprint density at radius 2 is 2.00 bits per heavy atom. The van der Waals surface area contributed by atoms with E-state index in [0.29, 0.717) is 5.89 Å². The SMILES string of the molecule is CCC(c1nc(C2(c3ccccc3)CCC2)no1)C(C)N. The topological polar surface area (TPSA) is 64.9 Å². The molecule has 1 aliphatic rings. The summed E-state index contributed by atoms with van der Waals surface area (Å²) in [4.78, 5) is 4.72. The van der Waals surface area contributed by atoms with Gasteiger partial charge in [-0.25, -0.2) is 0 Å². The maximum absolute atomic E-state index is 6.03. The molecule has 1 aliphatic carbocycles. The predicted molar refractivity (Wildman–Crippen MR) is 82.1 cm³/mol. The molecule has 0 bridgehead atoms. The van der Waals surface area contributed by atoms with Crippen LogP contribution in [0.5, 0.6) is 0 Å². The Kier molecular flexibility index (Phi) is 3.81. The van der Waals surface area contributed by atoms with Crippen molar-refractivity contribution in [1.29, 1.82) is 0 Å². The highest BCUT2D eigenvalue weighted by Crippen LogP contribution is 2.47. The van der Waals surface area contributed by atoms with E-state index in [9.17, 15) is 0 Å². The van der Waals surface area contributed by atoms with Crippen LogP contribution in [-0.2, 0) is 5.41 Å². The first-order valence-electron chi connectivity index (χ1n) is 7.82. The Balaban J connectivity index is 1.95. The highest BCUT2D eigenvalue weighted by Gasteiger charge is 2.44. The molecule has 2 aromatic rings. The molecule has 21 heavy (non-hydrogen) atoms. The van der Waals surface area contributed by atoms with Crippen molar-refractivity contribution in [2.24, 2.45) is 5.73 Å². The number of nitrogens with two attached hydrogens (primary N) is 1. The van der Waals surface area contributed by atoms with E-state index in [4.69, 9.17) is 15.2 Å². The van der Waals surface area contributed by atoms with E-state index in [0.717, 1.165) is 25.1 Å². The summed E-state index contributed by atoms with van der Waals surface area (Å²) in [6.45, 7) is 4.10. The van der Waals surface area contributed by atoms with E-state index >= 15 is 0 Å². The van der Waals surface area contributed by atoms with Gasteiger partial charge in [-0.05, 0) is 31.7 Å². The molecule has 1 fully saturated rings. The van der Waals surface area contributed by atoms with Crippen molar-refractivity contribution in [1.82, 2.24) is 10.1 Å². The molecule has 4 heteroatoms. The fourth-order valence-electron chi connectivity index (χ4n) is 3.28. The number of nitrogens with zero attached hydrogens (tertiary/aromatic N) is 2. The molecule has 112 valence electrons. The van der Waals surface area contributed by atoms with Gasteiger partial charge in [0.1, 0.15) is 0 Å². The number of hydrogen-bond donors (Lipinski definition) is 1. The molecule has 4 nitrogen and oxygen atoms in total. The van der Waals surface area contributed by atoms with Gasteiger partial charge in [0, 0.05) is 6.04 Å². The molecular weight excluding hydrogens is 262 g/mol. The first kappa shape index (κ1) is 14.3. The van der Waals surface area contributed by atoms with E-state index in [-0.39, 0.29) is 17.4 Å². The first-order chi connectivity index (χ1) is 10.2. The molecule has 0 aliphatic heterocycles. The average molecular weight is 285 g/mol. The van der Waals surface area contributed by atoms with Gasteiger partial charge in [-0.15, -0.1) is 0 Å². The Labute approximate surface area is 125 Å². The summed E-state index contributed by atoms with van der Waals surface area (Å²) in [7, 11) is 0. The zero-order valence-corrected chi connectivity index (χ0v) is 12.7. The largest absolute Gasteiger partial charge is 0.339 e. The normalized spacial score (nSPS) is 19.8. The fraction of sp³-hybridized carbons (Fsp3) is 0.529. The summed E-state index contributed by atoms with van der Waals surface area (Å²) in [6.07, 6.45) is 4.30. The minimum Gasteiger partial charge on any atom is -0.339 e. The molecule has 2 N–H and O–H groups in total. The van der Waals surface area contributed by atoms with Crippen molar-refractivity contribution < 1.29 is 4.52 Å². The van der Waals surface area contributed by atoms with Gasteiger partial charge in [0.2, 0.25) is 5.89 Å². The zero-order chi connectivity index (χ0) is 14.9. The zero-order valence-electron chi connectivity index (χ0n) is 12.7. The van der Waals surface area contributed by atoms with Crippen LogP contribution in [-0.4, -0.2) is 16.2 Å². The standard InChI is InChI=1S/C17H23N3O/c1-3-14(12(2)18)15-19-16(20-21-15)17(10-7-11-17)13-8-5-4-6-9-13/h4-6,8-9,12,14H,3,7,10-11,18H2,1-2H3. The fourth-order valence-corrected chi connectivity index (χ4v) is 3.28. The minimum atomic E-state index is -0.0564. The minimum absolute atomic E-state index is 0.0253. The number of aromatic nitrogens is 2. The molecule has 0 amide bonds. The Morgan fingerprint density at radius 3 is 2.52 bits per heavy atom. The summed E-state index contributed by atoms with van der Waals surface area (Å²) < 4.78 is 5.54. The van der Waals surface area contributed by atoms with Crippen LogP contribution in [0.25, 0.3) is 0 Å². The lowest BCUT2D eigenvalue weighted by Crippen LogP contribution is -2.36. The van der Waals surface area contributed by atoms with Gasteiger partial charge < -0.3 is 10.3 Å². The lowest BCUT2D eigenvalue weighted by atomic mass is 9.64. The quantitative estimate of drug-likeness (QED) is 0.914. The summed E-state index contributed by atoms with van der Waals surface area (Å²) in [5, 5.41) is 4.30. The van der Waals surface area contributed by atoms with E-state index in [2.05, 4.69) is 36.3 Å². The van der Waals surface area contributed by atoms with Crippen molar-refractivity contribution in [2.75, 3.05) is 0 Å². The molecule has 2 unspecified atom stereocenters. The molecular formula is C17H23N3O. The summed E-state index contributed by atoms with van der Waals surface area (Å²) in [5.41, 5.74) is 7.26. The van der Waals surface area contributed by atoms with Gasteiger partial charge in [-0.1, -0.05) is 48.8 Å². The van der Waals surface area contributed by atoms with Crippen LogP contribution in [0.3, 0.4) is 0 Å². The molecule has 3 rings (SSSR count). The van der Waals surface area contributed by atoms with E-state index < -0.39 is 0 Å². The van der Waals surface area contributed by atoms with Gasteiger partial charge >= 0.3 is 0 Å². The molecule has 2 atom stereocenters. The molecule has 1 saturated carbocycles. The van der Waals surface area contributed by atoms with Crippen LogP contribution < -0.4 is 5.73 Å². The second-order valence-corrected chi connectivity index (χ2v) is 6.13. The third kappa shape index (κ3) is 2.38. The van der Waals surface area contributed by atoms with Crippen LogP contribution in [0.15, 0.2) is 34.9 Å². The maximum atomic E-state index is 6.03. The lowest BCUT2D eigenvalue weighted by molar-refractivity contribution is 0.268. The molecule has 0 radical (unpaired) electrons. The van der Waals surface area contributed by atoms with Crippen molar-refractivity contribution in [3.05, 3.63) is 47.6 Å². The van der Waals surface area contributed by atoms with Crippen molar-refractivity contribution in [2.45, 2.75) is 56.9 Å². The second kappa shape index (κ2) is 5.60. The van der Waals surface area contributed by atoms with Gasteiger partial charge in [0.25, 0.3) is 0 Å². The van der Waals surface area contributed by atoms with Crippen molar-refractivity contribution in [3.8, 4) is 0 Å². The number of benzene rings is 1. The molecule has 0 saturated heterocycles. The Bertz CT molecular complexity index is 587. The smallest absolute Gasteiger partial charge is 0.231 e. The highest BCUT2D eigenvalue weighted by atomic mass is 16.5.